The molecule has 0 bridgehead atoms. The Balaban J connectivity index is 0.00000200. The maximum atomic E-state index is 9.01. The molecule has 0 saturated heterocycles. The van der Waals surface area contributed by atoms with Gasteiger partial charge >= 0.3 is 123 Å². The second-order valence-electron chi connectivity index (χ2n) is 4.96. The molecular formula is C16H24Cl2O2Zr. The van der Waals surface area contributed by atoms with Crippen molar-refractivity contribution in [2.45, 2.75) is 32.6 Å². The molecule has 118 valence electrons. The van der Waals surface area contributed by atoms with E-state index in [-0.39, 0.29) is 38.0 Å². The van der Waals surface area contributed by atoms with Gasteiger partial charge in [0.1, 0.15) is 0 Å². The van der Waals surface area contributed by atoms with Gasteiger partial charge in [-0.05, 0) is 0 Å². The van der Waals surface area contributed by atoms with E-state index in [0.29, 0.717) is 0 Å². The number of aliphatic hydroxyl groups excluding tert-OH is 2. The summed E-state index contributed by atoms with van der Waals surface area (Å²) in [7, 11) is 0. The molecule has 2 rings (SSSR count). The standard InChI is InChI=1S/2C7H9O.C2H4.2ClH.Zr/c2*8-6-5-7-3-1-2-4-7;1-2;;;/h2*3-4,8H,1,5-6H2;1H,2H3;2*1H;. The Hall–Kier alpha value is 0.213. The van der Waals surface area contributed by atoms with E-state index in [4.69, 9.17) is 10.2 Å². The SMILES string of the molecule is C[CH]=[Zr]([C]1=CC(CCO)=CC1)[C]1=CC(CCO)=CC1.Cl.Cl. The van der Waals surface area contributed by atoms with E-state index in [9.17, 15) is 0 Å². The zero-order valence-corrected chi connectivity index (χ0v) is 16.4. The third-order valence-corrected chi connectivity index (χ3v) is 10.2. The number of rotatable bonds is 6. The molecule has 0 unspecified atom stereocenters. The molecule has 0 spiro atoms. The molecule has 2 N–H and O–H groups in total. The summed E-state index contributed by atoms with van der Waals surface area (Å²) in [4.78, 5) is 0. The van der Waals surface area contributed by atoms with Crippen LogP contribution in [-0.4, -0.2) is 27.1 Å². The summed E-state index contributed by atoms with van der Waals surface area (Å²) in [5.41, 5.74) is 2.61. The summed E-state index contributed by atoms with van der Waals surface area (Å²) in [5.74, 6) is 0. The van der Waals surface area contributed by atoms with E-state index in [1.807, 2.05) is 0 Å². The molecule has 0 fully saturated rings. The van der Waals surface area contributed by atoms with Gasteiger partial charge in [-0.25, -0.2) is 0 Å². The van der Waals surface area contributed by atoms with Crippen LogP contribution in [0.2, 0.25) is 0 Å². The van der Waals surface area contributed by atoms with Gasteiger partial charge in [0.05, 0.1) is 0 Å². The Morgan fingerprint density at radius 3 is 1.71 bits per heavy atom. The van der Waals surface area contributed by atoms with Crippen LogP contribution >= 0.6 is 24.8 Å². The van der Waals surface area contributed by atoms with Crippen LogP contribution in [0, 0.1) is 0 Å². The quantitative estimate of drug-likeness (QED) is 0.704. The molecule has 0 aromatic rings. The van der Waals surface area contributed by atoms with Crippen molar-refractivity contribution in [1.29, 1.82) is 0 Å². The van der Waals surface area contributed by atoms with Crippen molar-refractivity contribution in [2.75, 3.05) is 13.2 Å². The van der Waals surface area contributed by atoms with Crippen molar-refractivity contribution in [1.82, 2.24) is 0 Å². The molecule has 0 saturated carbocycles. The number of hydrogen-bond donors (Lipinski definition) is 2. The Morgan fingerprint density at radius 2 is 1.38 bits per heavy atom. The van der Waals surface area contributed by atoms with Crippen LogP contribution in [0.4, 0.5) is 0 Å². The molecular weight excluding hydrogens is 386 g/mol. The average Bonchev–Trinajstić information content (AvgIpc) is 3.02. The fourth-order valence-electron chi connectivity index (χ4n) is 2.72. The zero-order chi connectivity index (χ0) is 13.7. The van der Waals surface area contributed by atoms with Crippen molar-refractivity contribution < 1.29 is 31.5 Å². The number of halogens is 2. The normalized spacial score (nSPS) is 16.1. The summed E-state index contributed by atoms with van der Waals surface area (Å²) < 4.78 is 5.70. The molecule has 0 atom stereocenters. The number of allylic oxidation sites excluding steroid dienone is 6. The molecule has 2 aliphatic carbocycles. The minimum atomic E-state index is -1.75. The van der Waals surface area contributed by atoms with Gasteiger partial charge in [0.2, 0.25) is 0 Å². The van der Waals surface area contributed by atoms with Gasteiger partial charge in [-0.3, -0.25) is 0 Å². The first-order valence-corrected chi connectivity index (χ1v) is 10.8. The van der Waals surface area contributed by atoms with Gasteiger partial charge in [0.25, 0.3) is 0 Å². The minimum Gasteiger partial charge on any atom is -0.147 e. The second kappa shape index (κ2) is 10.9. The van der Waals surface area contributed by atoms with Crippen molar-refractivity contribution in [2.24, 2.45) is 0 Å². The summed E-state index contributed by atoms with van der Waals surface area (Å²) in [6.45, 7) is 2.69. The first kappa shape index (κ1) is 21.2. The van der Waals surface area contributed by atoms with Crippen LogP contribution in [0.5, 0.6) is 0 Å². The fraction of sp³-hybridized carbons (Fsp3) is 0.438. The predicted molar refractivity (Wildman–Crippen MR) is 91.2 cm³/mol. The van der Waals surface area contributed by atoms with Crippen molar-refractivity contribution >= 4 is 28.5 Å². The molecule has 5 heteroatoms. The minimum absolute atomic E-state index is 0. The van der Waals surface area contributed by atoms with Crippen LogP contribution < -0.4 is 0 Å². The largest absolute Gasteiger partial charge is 0.147 e. The number of hydrogen-bond acceptors (Lipinski definition) is 2. The van der Waals surface area contributed by atoms with E-state index < -0.39 is 21.3 Å². The van der Waals surface area contributed by atoms with E-state index >= 15 is 0 Å². The van der Waals surface area contributed by atoms with Gasteiger partial charge in [-0.2, -0.15) is 0 Å². The van der Waals surface area contributed by atoms with Gasteiger partial charge in [-0.15, -0.1) is 24.8 Å². The first-order valence-electron chi connectivity index (χ1n) is 6.96. The Morgan fingerprint density at radius 1 is 0.952 bits per heavy atom. The summed E-state index contributed by atoms with van der Waals surface area (Å²) >= 11 is -1.75. The van der Waals surface area contributed by atoms with E-state index in [1.165, 1.54) is 11.1 Å². The molecule has 0 aromatic carbocycles. The fourth-order valence-corrected chi connectivity index (χ4v) is 8.82. The van der Waals surface area contributed by atoms with Gasteiger partial charge in [-0.1, -0.05) is 0 Å². The van der Waals surface area contributed by atoms with Gasteiger partial charge < -0.3 is 0 Å². The maximum absolute atomic E-state index is 9.01. The summed E-state index contributed by atoms with van der Waals surface area (Å²) in [5, 5.41) is 18.0. The second-order valence-corrected chi connectivity index (χ2v) is 11.6. The molecule has 0 aromatic heterocycles. The molecule has 2 aliphatic rings. The Labute approximate surface area is 147 Å². The molecule has 0 aliphatic heterocycles. The molecule has 0 radical (unpaired) electrons. The van der Waals surface area contributed by atoms with Crippen LogP contribution in [0.3, 0.4) is 0 Å². The van der Waals surface area contributed by atoms with E-state index in [1.54, 1.807) is 6.56 Å². The average molecular weight is 410 g/mol. The third kappa shape index (κ3) is 5.73. The molecule has 0 heterocycles. The van der Waals surface area contributed by atoms with Gasteiger partial charge in [0, 0.05) is 0 Å². The number of aliphatic hydroxyl groups is 2. The Bertz CT molecular complexity index is 460. The van der Waals surface area contributed by atoms with Crippen molar-refractivity contribution in [3.05, 3.63) is 42.0 Å². The zero-order valence-electron chi connectivity index (χ0n) is 12.3. The Kier molecular flexibility index (Phi) is 11.0. The molecule has 2 nitrogen and oxygen atoms in total. The third-order valence-electron chi connectivity index (χ3n) is 3.67. The van der Waals surface area contributed by atoms with Crippen molar-refractivity contribution in [3.8, 4) is 0 Å². The first-order chi connectivity index (χ1) is 9.28. The van der Waals surface area contributed by atoms with Gasteiger partial charge in [0.15, 0.2) is 0 Å². The summed E-state index contributed by atoms with van der Waals surface area (Å²) in [6, 6.07) is 0. The van der Waals surface area contributed by atoms with Crippen molar-refractivity contribution in [3.63, 3.8) is 0 Å². The predicted octanol–water partition coefficient (Wildman–Crippen LogP) is 3.46. The van der Waals surface area contributed by atoms with Crippen LogP contribution in [-0.2, 0) is 21.3 Å². The topological polar surface area (TPSA) is 40.5 Å². The molecule has 21 heavy (non-hydrogen) atoms. The van der Waals surface area contributed by atoms with E-state index in [2.05, 4.69) is 34.9 Å². The smallest absolute Gasteiger partial charge is 0.147 e. The maximum Gasteiger partial charge on any atom is -0.147 e. The summed E-state index contributed by atoms with van der Waals surface area (Å²) in [6.07, 6.45) is 12.9. The van der Waals surface area contributed by atoms with Crippen LogP contribution in [0.15, 0.2) is 42.0 Å². The van der Waals surface area contributed by atoms with E-state index in [0.717, 1.165) is 25.7 Å². The van der Waals surface area contributed by atoms with Crippen LogP contribution in [0.1, 0.15) is 32.6 Å². The molecule has 0 amide bonds. The monoisotopic (exact) mass is 408 g/mol. The van der Waals surface area contributed by atoms with Crippen LogP contribution in [0.25, 0.3) is 0 Å².